The van der Waals surface area contributed by atoms with Crippen molar-refractivity contribution >= 4 is 17.7 Å². The third kappa shape index (κ3) is 1.64. The highest BCUT2D eigenvalue weighted by Gasteiger charge is 2.09. The monoisotopic (exact) mass is 145 g/mol. The van der Waals surface area contributed by atoms with E-state index in [9.17, 15) is 4.79 Å². The first-order chi connectivity index (χ1) is 4.30. The van der Waals surface area contributed by atoms with E-state index in [0.29, 0.717) is 4.91 Å². The fourth-order valence-corrected chi connectivity index (χ4v) is 1.28. The Morgan fingerprint density at radius 3 is 3.00 bits per heavy atom. The number of carboxylic acid groups (broad SMARTS) is 1. The Labute approximate surface area is 57.1 Å². The standard InChI is InChI=1S/C5H7NO2S/c7-5(8)4-3-6-1-2-9-4/h3,6H,1-2H2,(H,7,8). The van der Waals surface area contributed by atoms with Gasteiger partial charge in [-0.25, -0.2) is 4.79 Å². The van der Waals surface area contributed by atoms with Crippen LogP contribution in [0, 0.1) is 0 Å². The summed E-state index contributed by atoms with van der Waals surface area (Å²) >= 11 is 1.37. The average Bonchev–Trinajstić information content (AvgIpc) is 1.90. The molecule has 0 bridgehead atoms. The van der Waals surface area contributed by atoms with Crippen LogP contribution in [0.1, 0.15) is 0 Å². The summed E-state index contributed by atoms with van der Waals surface area (Å²) in [5.74, 6) is 0.00481. The SMILES string of the molecule is O=C(O)C1=CNCCS1. The van der Waals surface area contributed by atoms with Crippen molar-refractivity contribution in [2.45, 2.75) is 0 Å². The van der Waals surface area contributed by atoms with E-state index in [-0.39, 0.29) is 0 Å². The van der Waals surface area contributed by atoms with Gasteiger partial charge in [0.15, 0.2) is 0 Å². The molecule has 0 spiro atoms. The Kier molecular flexibility index (Phi) is 2.00. The van der Waals surface area contributed by atoms with Crippen LogP contribution in [0.25, 0.3) is 0 Å². The summed E-state index contributed by atoms with van der Waals surface area (Å²) in [6.45, 7) is 0.863. The van der Waals surface area contributed by atoms with Crippen molar-refractivity contribution in [1.29, 1.82) is 0 Å². The molecule has 1 aliphatic rings. The molecular weight excluding hydrogens is 138 g/mol. The number of hydrogen-bond donors (Lipinski definition) is 2. The Balaban J connectivity index is 2.57. The molecule has 4 heteroatoms. The van der Waals surface area contributed by atoms with E-state index >= 15 is 0 Å². The molecule has 0 aromatic carbocycles. The maximum Gasteiger partial charge on any atom is 0.343 e. The van der Waals surface area contributed by atoms with Crippen molar-refractivity contribution in [3.8, 4) is 0 Å². The lowest BCUT2D eigenvalue weighted by molar-refractivity contribution is -0.131. The Morgan fingerprint density at radius 2 is 2.67 bits per heavy atom. The zero-order chi connectivity index (χ0) is 6.69. The van der Waals surface area contributed by atoms with E-state index in [0.717, 1.165) is 12.3 Å². The Bertz CT molecular complexity index is 155. The van der Waals surface area contributed by atoms with E-state index in [4.69, 9.17) is 5.11 Å². The van der Waals surface area contributed by atoms with Gasteiger partial charge in [-0.05, 0) is 0 Å². The van der Waals surface area contributed by atoms with Gasteiger partial charge in [-0.3, -0.25) is 0 Å². The van der Waals surface area contributed by atoms with Gasteiger partial charge in [0.1, 0.15) is 4.91 Å². The third-order valence-electron chi connectivity index (χ3n) is 0.948. The molecule has 0 atom stereocenters. The van der Waals surface area contributed by atoms with Crippen LogP contribution >= 0.6 is 11.8 Å². The molecule has 2 N–H and O–H groups in total. The topological polar surface area (TPSA) is 49.3 Å². The Hall–Kier alpha value is -0.640. The van der Waals surface area contributed by atoms with Gasteiger partial charge >= 0.3 is 5.97 Å². The van der Waals surface area contributed by atoms with Gasteiger partial charge in [0.25, 0.3) is 0 Å². The van der Waals surface area contributed by atoms with Gasteiger partial charge in [0.2, 0.25) is 0 Å². The molecule has 0 saturated heterocycles. The lowest BCUT2D eigenvalue weighted by Crippen LogP contribution is -2.17. The van der Waals surface area contributed by atoms with Crippen molar-refractivity contribution in [2.24, 2.45) is 0 Å². The molecule has 0 radical (unpaired) electrons. The van der Waals surface area contributed by atoms with Crippen LogP contribution in [0.15, 0.2) is 11.1 Å². The van der Waals surface area contributed by atoms with Crippen LogP contribution in [-0.2, 0) is 4.79 Å². The molecule has 0 unspecified atom stereocenters. The highest BCUT2D eigenvalue weighted by Crippen LogP contribution is 2.16. The number of aliphatic carboxylic acids is 1. The summed E-state index contributed by atoms with van der Waals surface area (Å²) in [7, 11) is 0. The van der Waals surface area contributed by atoms with E-state index in [1.807, 2.05) is 0 Å². The molecule has 0 fully saturated rings. The van der Waals surface area contributed by atoms with E-state index in [2.05, 4.69) is 5.32 Å². The second-order valence-electron chi connectivity index (χ2n) is 1.62. The molecule has 0 amide bonds. The van der Waals surface area contributed by atoms with Crippen LogP contribution in [0.4, 0.5) is 0 Å². The second kappa shape index (κ2) is 2.77. The van der Waals surface area contributed by atoms with E-state index in [1.54, 1.807) is 0 Å². The van der Waals surface area contributed by atoms with Crippen LogP contribution in [0.2, 0.25) is 0 Å². The summed E-state index contributed by atoms with van der Waals surface area (Å²) in [4.78, 5) is 10.6. The van der Waals surface area contributed by atoms with E-state index < -0.39 is 5.97 Å². The molecule has 0 saturated carbocycles. The lowest BCUT2D eigenvalue weighted by Gasteiger charge is -2.08. The quantitative estimate of drug-likeness (QED) is 0.555. The zero-order valence-corrected chi connectivity index (χ0v) is 5.57. The highest BCUT2D eigenvalue weighted by molar-refractivity contribution is 8.04. The van der Waals surface area contributed by atoms with Crippen molar-refractivity contribution in [1.82, 2.24) is 5.32 Å². The third-order valence-corrected chi connectivity index (χ3v) is 1.96. The largest absolute Gasteiger partial charge is 0.477 e. The molecule has 1 aliphatic heterocycles. The summed E-state index contributed by atoms with van der Waals surface area (Å²) in [6.07, 6.45) is 1.54. The fraction of sp³-hybridized carbons (Fsp3) is 0.400. The molecule has 1 heterocycles. The molecule has 0 aliphatic carbocycles. The number of carboxylic acids is 1. The first kappa shape index (κ1) is 6.48. The maximum atomic E-state index is 10.2. The molecule has 0 aromatic rings. The van der Waals surface area contributed by atoms with Crippen LogP contribution in [-0.4, -0.2) is 23.4 Å². The fourth-order valence-electron chi connectivity index (χ4n) is 0.550. The molecule has 50 valence electrons. The minimum absolute atomic E-state index is 0.404. The minimum Gasteiger partial charge on any atom is -0.477 e. The molecule has 1 rings (SSSR count). The first-order valence-electron chi connectivity index (χ1n) is 2.60. The molecule has 3 nitrogen and oxygen atoms in total. The summed E-state index contributed by atoms with van der Waals surface area (Å²) in [6, 6.07) is 0. The summed E-state index contributed by atoms with van der Waals surface area (Å²) in [5, 5.41) is 11.3. The number of carbonyl (C=O) groups is 1. The summed E-state index contributed by atoms with van der Waals surface area (Å²) < 4.78 is 0. The predicted octanol–water partition coefficient (Wildman–Crippen LogP) is 0.249. The molecule has 0 aromatic heterocycles. The minimum atomic E-state index is -0.841. The Morgan fingerprint density at radius 1 is 1.89 bits per heavy atom. The molecule has 9 heavy (non-hydrogen) atoms. The smallest absolute Gasteiger partial charge is 0.343 e. The van der Waals surface area contributed by atoms with Gasteiger partial charge in [0, 0.05) is 18.5 Å². The number of hydrogen-bond acceptors (Lipinski definition) is 3. The average molecular weight is 145 g/mol. The zero-order valence-electron chi connectivity index (χ0n) is 4.76. The molecular formula is C5H7NO2S. The van der Waals surface area contributed by atoms with Crippen LogP contribution in [0.3, 0.4) is 0 Å². The van der Waals surface area contributed by atoms with Crippen LogP contribution < -0.4 is 5.32 Å². The van der Waals surface area contributed by atoms with Gasteiger partial charge in [-0.2, -0.15) is 0 Å². The highest BCUT2D eigenvalue weighted by atomic mass is 32.2. The van der Waals surface area contributed by atoms with Gasteiger partial charge < -0.3 is 10.4 Å². The number of thioether (sulfide) groups is 1. The van der Waals surface area contributed by atoms with Crippen molar-refractivity contribution < 1.29 is 9.90 Å². The normalized spacial score (nSPS) is 18.0. The van der Waals surface area contributed by atoms with Gasteiger partial charge in [-0.1, -0.05) is 0 Å². The number of nitrogens with one attached hydrogen (secondary N) is 1. The maximum absolute atomic E-state index is 10.2. The second-order valence-corrected chi connectivity index (χ2v) is 2.75. The first-order valence-corrected chi connectivity index (χ1v) is 3.59. The summed E-state index contributed by atoms with van der Waals surface area (Å²) in [5.41, 5.74) is 0. The van der Waals surface area contributed by atoms with Crippen molar-refractivity contribution in [3.63, 3.8) is 0 Å². The van der Waals surface area contributed by atoms with E-state index in [1.165, 1.54) is 18.0 Å². The lowest BCUT2D eigenvalue weighted by atomic mass is 10.6. The predicted molar refractivity (Wildman–Crippen MR) is 36.2 cm³/mol. The van der Waals surface area contributed by atoms with Gasteiger partial charge in [0.05, 0.1) is 0 Å². The van der Waals surface area contributed by atoms with Crippen molar-refractivity contribution in [2.75, 3.05) is 12.3 Å². The van der Waals surface area contributed by atoms with Crippen LogP contribution in [0.5, 0.6) is 0 Å². The number of rotatable bonds is 1. The van der Waals surface area contributed by atoms with Gasteiger partial charge in [-0.15, -0.1) is 11.8 Å². The van der Waals surface area contributed by atoms with Crippen molar-refractivity contribution in [3.05, 3.63) is 11.1 Å².